The fraction of sp³-hybridized carbons (Fsp3) is 0.0526. The van der Waals surface area contributed by atoms with Crippen LogP contribution in [0.4, 0.5) is 15.9 Å². The third kappa shape index (κ3) is 4.48. The van der Waals surface area contributed by atoms with E-state index in [0.29, 0.717) is 21.3 Å². The second kappa shape index (κ2) is 7.96. The van der Waals surface area contributed by atoms with Gasteiger partial charge in [0.2, 0.25) is 0 Å². The Kier molecular flexibility index (Phi) is 5.46. The molecule has 1 N–H and O–H groups in total. The molecule has 0 aliphatic heterocycles. The molecule has 0 spiro atoms. The van der Waals surface area contributed by atoms with E-state index >= 15 is 0 Å². The van der Waals surface area contributed by atoms with E-state index in [0.717, 1.165) is 11.8 Å². The maximum atomic E-state index is 14.0. The monoisotopic (exact) mass is 383 g/mol. The van der Waals surface area contributed by atoms with Crippen LogP contribution in [-0.4, -0.2) is 15.8 Å². The highest BCUT2D eigenvalue weighted by atomic mass is 32.2. The van der Waals surface area contributed by atoms with Crippen LogP contribution in [-0.2, 0) is 0 Å². The zero-order chi connectivity index (χ0) is 19.4. The van der Waals surface area contributed by atoms with Crippen LogP contribution in [0.15, 0.2) is 70.5 Å². The number of hydrogen-bond donors (Lipinski definition) is 1. The number of carbonyl (C=O) groups is 1. The molecule has 6 nitrogen and oxygen atoms in total. The number of nitro benzene ring substituents is 1. The molecule has 0 bridgehead atoms. The number of non-ortho nitro benzene ring substituents is 1. The van der Waals surface area contributed by atoms with Crippen molar-refractivity contribution in [2.24, 2.45) is 0 Å². The minimum absolute atomic E-state index is 0.0701. The predicted octanol–water partition coefficient (Wildman–Crippen LogP) is 4.84. The molecule has 27 heavy (non-hydrogen) atoms. The van der Waals surface area contributed by atoms with Crippen molar-refractivity contribution in [3.8, 4) is 0 Å². The van der Waals surface area contributed by atoms with Gasteiger partial charge in [-0.05, 0) is 37.3 Å². The van der Waals surface area contributed by atoms with Crippen molar-refractivity contribution >= 4 is 29.2 Å². The molecule has 0 saturated heterocycles. The molecule has 8 heteroatoms. The minimum atomic E-state index is -0.584. The minimum Gasteiger partial charge on any atom is -0.307 e. The van der Waals surface area contributed by atoms with Crippen LogP contribution in [0.2, 0.25) is 0 Å². The maximum Gasteiger partial charge on any atom is 0.270 e. The second-order valence-electron chi connectivity index (χ2n) is 5.59. The van der Waals surface area contributed by atoms with E-state index in [1.807, 2.05) is 0 Å². The Hall–Kier alpha value is -3.26. The summed E-state index contributed by atoms with van der Waals surface area (Å²) < 4.78 is 14.0. The highest BCUT2D eigenvalue weighted by Crippen LogP contribution is 2.34. The number of nitrogens with one attached hydrogen (secondary N) is 1. The molecule has 1 amide bonds. The Morgan fingerprint density at radius 2 is 1.89 bits per heavy atom. The van der Waals surface area contributed by atoms with Crippen LogP contribution in [0.1, 0.15) is 16.1 Å². The number of hydrogen-bond acceptors (Lipinski definition) is 5. The lowest BCUT2D eigenvalue weighted by Crippen LogP contribution is -2.14. The van der Waals surface area contributed by atoms with Crippen molar-refractivity contribution in [1.29, 1.82) is 0 Å². The molecular formula is C19H14FN3O3S. The van der Waals surface area contributed by atoms with Gasteiger partial charge in [-0.2, -0.15) is 0 Å². The van der Waals surface area contributed by atoms with Gasteiger partial charge in [-0.15, -0.1) is 0 Å². The normalized spacial score (nSPS) is 10.4. The van der Waals surface area contributed by atoms with Gasteiger partial charge in [0, 0.05) is 27.6 Å². The number of benzene rings is 2. The van der Waals surface area contributed by atoms with Crippen molar-refractivity contribution < 1.29 is 14.1 Å². The number of nitro groups is 1. The van der Waals surface area contributed by atoms with Crippen molar-refractivity contribution in [2.75, 3.05) is 5.32 Å². The van der Waals surface area contributed by atoms with Crippen LogP contribution in [0.5, 0.6) is 0 Å². The van der Waals surface area contributed by atoms with Crippen LogP contribution in [0.25, 0.3) is 0 Å². The number of rotatable bonds is 5. The summed E-state index contributed by atoms with van der Waals surface area (Å²) in [6.45, 7) is 1.78. The van der Waals surface area contributed by atoms with E-state index in [9.17, 15) is 19.3 Å². The van der Waals surface area contributed by atoms with Gasteiger partial charge in [0.15, 0.2) is 0 Å². The van der Waals surface area contributed by atoms with Gasteiger partial charge in [0.05, 0.1) is 10.5 Å². The number of amides is 1. The predicted molar refractivity (Wildman–Crippen MR) is 101 cm³/mol. The lowest BCUT2D eigenvalue weighted by Gasteiger charge is -2.10. The molecule has 0 radical (unpaired) electrons. The van der Waals surface area contributed by atoms with Gasteiger partial charge < -0.3 is 5.32 Å². The number of aryl methyl sites for hydroxylation is 1. The highest BCUT2D eigenvalue weighted by molar-refractivity contribution is 7.99. The smallest absolute Gasteiger partial charge is 0.270 e. The fourth-order valence-corrected chi connectivity index (χ4v) is 3.29. The van der Waals surface area contributed by atoms with E-state index in [-0.39, 0.29) is 11.3 Å². The van der Waals surface area contributed by atoms with Crippen LogP contribution in [0, 0.1) is 22.9 Å². The van der Waals surface area contributed by atoms with Crippen molar-refractivity contribution in [2.45, 2.75) is 16.7 Å². The molecule has 0 saturated carbocycles. The first-order chi connectivity index (χ1) is 12.9. The maximum absolute atomic E-state index is 14.0. The van der Waals surface area contributed by atoms with Crippen molar-refractivity contribution in [3.63, 3.8) is 0 Å². The molecule has 0 aliphatic carbocycles. The number of nitrogens with zero attached hydrogens (tertiary/aromatic N) is 2. The zero-order valence-corrected chi connectivity index (χ0v) is 15.0. The molecule has 3 rings (SSSR count). The summed E-state index contributed by atoms with van der Waals surface area (Å²) in [6, 6.07) is 15.1. The Balaban J connectivity index is 1.97. The number of aromatic nitrogens is 1. The highest BCUT2D eigenvalue weighted by Gasteiger charge is 2.19. The summed E-state index contributed by atoms with van der Waals surface area (Å²) in [5, 5.41) is 13.7. The first kappa shape index (κ1) is 18.5. The van der Waals surface area contributed by atoms with E-state index in [4.69, 9.17) is 0 Å². The third-order valence-electron chi connectivity index (χ3n) is 3.61. The topological polar surface area (TPSA) is 85.1 Å². The average molecular weight is 383 g/mol. The lowest BCUT2D eigenvalue weighted by molar-refractivity contribution is -0.384. The summed E-state index contributed by atoms with van der Waals surface area (Å²) in [5.74, 6) is -0.670. The molecule has 136 valence electrons. The van der Waals surface area contributed by atoms with Gasteiger partial charge in [0.1, 0.15) is 11.6 Å². The zero-order valence-electron chi connectivity index (χ0n) is 14.2. The SMILES string of the molecule is Cc1cccc(NC(=O)c2cc([N+](=O)[O-])ccc2Sc2ccccc2F)n1. The Morgan fingerprint density at radius 3 is 2.59 bits per heavy atom. The molecule has 2 aromatic carbocycles. The molecule has 1 aromatic heterocycles. The standard InChI is InChI=1S/C19H14FN3O3S/c1-12-5-4-8-18(21-12)22-19(24)14-11-13(23(25)26)9-10-16(14)27-17-7-3-2-6-15(17)20/h2-11H,1H3,(H,21,22,24). The van der Waals surface area contributed by atoms with Crippen molar-refractivity contribution in [3.05, 3.63) is 87.9 Å². The Morgan fingerprint density at radius 1 is 1.11 bits per heavy atom. The second-order valence-corrected chi connectivity index (χ2v) is 6.67. The Bertz CT molecular complexity index is 1030. The summed E-state index contributed by atoms with van der Waals surface area (Å²) in [6.07, 6.45) is 0. The third-order valence-corrected chi connectivity index (χ3v) is 4.73. The number of anilines is 1. The van der Waals surface area contributed by atoms with E-state index < -0.39 is 16.6 Å². The number of carbonyl (C=O) groups excluding carboxylic acids is 1. The first-order valence-corrected chi connectivity index (χ1v) is 8.71. The molecule has 0 fully saturated rings. The van der Waals surface area contributed by atoms with Crippen molar-refractivity contribution in [1.82, 2.24) is 4.98 Å². The van der Waals surface area contributed by atoms with Crippen LogP contribution in [0.3, 0.4) is 0 Å². The van der Waals surface area contributed by atoms with Crippen LogP contribution < -0.4 is 5.32 Å². The quantitative estimate of drug-likeness (QED) is 0.503. The number of halogens is 1. The summed E-state index contributed by atoms with van der Waals surface area (Å²) in [7, 11) is 0. The largest absolute Gasteiger partial charge is 0.307 e. The first-order valence-electron chi connectivity index (χ1n) is 7.90. The Labute approximate surface area is 158 Å². The summed E-state index contributed by atoms with van der Waals surface area (Å²) in [5.41, 5.74) is 0.559. The molecule has 0 unspecified atom stereocenters. The molecule has 0 atom stereocenters. The van der Waals surface area contributed by atoms with E-state index in [1.165, 1.54) is 24.3 Å². The van der Waals surface area contributed by atoms with Gasteiger partial charge in [-0.1, -0.05) is 30.0 Å². The van der Waals surface area contributed by atoms with E-state index in [1.54, 1.807) is 43.3 Å². The molecule has 1 heterocycles. The summed E-state index contributed by atoms with van der Waals surface area (Å²) in [4.78, 5) is 28.1. The average Bonchev–Trinajstić information content (AvgIpc) is 2.63. The molecule has 3 aromatic rings. The van der Waals surface area contributed by atoms with Gasteiger partial charge >= 0.3 is 0 Å². The summed E-state index contributed by atoms with van der Waals surface area (Å²) >= 11 is 1.02. The van der Waals surface area contributed by atoms with Gasteiger partial charge in [-0.25, -0.2) is 9.37 Å². The fourth-order valence-electron chi connectivity index (χ4n) is 2.34. The van der Waals surface area contributed by atoms with Gasteiger partial charge in [0.25, 0.3) is 11.6 Å². The molecular weight excluding hydrogens is 369 g/mol. The lowest BCUT2D eigenvalue weighted by atomic mass is 10.2. The number of pyridine rings is 1. The van der Waals surface area contributed by atoms with E-state index in [2.05, 4.69) is 10.3 Å². The van der Waals surface area contributed by atoms with Crippen LogP contribution >= 0.6 is 11.8 Å². The molecule has 0 aliphatic rings. The van der Waals surface area contributed by atoms with Gasteiger partial charge in [-0.3, -0.25) is 14.9 Å².